The molecule has 1 saturated heterocycles. The number of halogens is 2. The molecule has 3 rings (SSSR count). The molecule has 7 heteroatoms. The van der Waals surface area contributed by atoms with Gasteiger partial charge in [0.15, 0.2) is 0 Å². The molecule has 5 nitrogen and oxygen atoms in total. The minimum atomic E-state index is -0.333. The maximum absolute atomic E-state index is 12.2. The van der Waals surface area contributed by atoms with Crippen molar-refractivity contribution in [2.45, 2.75) is 20.0 Å². The van der Waals surface area contributed by atoms with Crippen molar-refractivity contribution >= 4 is 29.1 Å². The topological polar surface area (TPSA) is 48.5 Å². The van der Waals surface area contributed by atoms with E-state index in [1.807, 2.05) is 12.1 Å². The van der Waals surface area contributed by atoms with Gasteiger partial charge < -0.3 is 10.2 Å². The molecule has 0 unspecified atom stereocenters. The molecule has 0 spiro atoms. The molecular weight excluding hydrogens is 383 g/mol. The molecule has 0 bridgehead atoms. The molecule has 2 heterocycles. The van der Waals surface area contributed by atoms with Gasteiger partial charge in [-0.05, 0) is 29.8 Å². The van der Waals surface area contributed by atoms with E-state index in [2.05, 4.69) is 39.2 Å². The van der Waals surface area contributed by atoms with Crippen LogP contribution in [0.5, 0.6) is 0 Å². The molecule has 1 fully saturated rings. The Hall–Kier alpha value is -1.66. The Kier molecular flexibility index (Phi) is 7.07. The van der Waals surface area contributed by atoms with E-state index in [4.69, 9.17) is 23.2 Å². The normalized spacial score (nSPS) is 15.7. The van der Waals surface area contributed by atoms with Gasteiger partial charge in [0, 0.05) is 39.3 Å². The van der Waals surface area contributed by atoms with E-state index >= 15 is 0 Å². The first kappa shape index (κ1) is 20.1. The predicted octanol–water partition coefficient (Wildman–Crippen LogP) is 3.46. The minimum absolute atomic E-state index is 0.145. The monoisotopic (exact) mass is 406 g/mol. The minimum Gasteiger partial charge on any atom is -0.347 e. The molecule has 1 aromatic heterocycles. The molecular formula is C20H24Cl2N4O. The van der Waals surface area contributed by atoms with E-state index in [1.165, 1.54) is 5.56 Å². The van der Waals surface area contributed by atoms with E-state index in [9.17, 15) is 4.79 Å². The second-order valence-corrected chi connectivity index (χ2v) is 7.47. The number of amides is 1. The molecule has 1 amide bonds. The lowest BCUT2D eigenvalue weighted by Gasteiger charge is -2.34. The predicted molar refractivity (Wildman–Crippen MR) is 109 cm³/mol. The van der Waals surface area contributed by atoms with Gasteiger partial charge in [-0.25, -0.2) is 4.98 Å². The molecule has 1 aliphatic rings. The SMILES string of the molecule is CCN1CCN(Cc2ccc(CNC(=O)c3nc(Cl)ccc3Cl)cc2)CC1. The third-order valence-corrected chi connectivity index (χ3v) is 5.34. The molecule has 0 saturated carbocycles. The van der Waals surface area contributed by atoms with Crippen LogP contribution in [0.4, 0.5) is 0 Å². The maximum atomic E-state index is 12.2. The van der Waals surface area contributed by atoms with Gasteiger partial charge >= 0.3 is 0 Å². The smallest absolute Gasteiger partial charge is 0.271 e. The highest BCUT2D eigenvalue weighted by atomic mass is 35.5. The van der Waals surface area contributed by atoms with E-state index in [0.717, 1.165) is 44.8 Å². The first-order chi connectivity index (χ1) is 13.0. The molecule has 0 radical (unpaired) electrons. The Morgan fingerprint density at radius 1 is 1.00 bits per heavy atom. The number of piperazine rings is 1. The maximum Gasteiger partial charge on any atom is 0.271 e. The Labute approximate surface area is 170 Å². The number of aromatic nitrogens is 1. The van der Waals surface area contributed by atoms with Gasteiger partial charge in [-0.1, -0.05) is 54.4 Å². The highest BCUT2D eigenvalue weighted by Crippen LogP contribution is 2.17. The third-order valence-electron chi connectivity index (χ3n) is 4.82. The molecule has 1 aliphatic heterocycles. The number of rotatable bonds is 6. The molecule has 1 aromatic carbocycles. The number of hydrogen-bond donors (Lipinski definition) is 1. The first-order valence-corrected chi connectivity index (χ1v) is 9.93. The fourth-order valence-electron chi connectivity index (χ4n) is 3.13. The Balaban J connectivity index is 1.50. The number of likely N-dealkylation sites (N-methyl/N-ethyl adjacent to an activating group) is 1. The van der Waals surface area contributed by atoms with Crippen LogP contribution in [0.3, 0.4) is 0 Å². The quantitative estimate of drug-likeness (QED) is 0.746. The zero-order valence-electron chi connectivity index (χ0n) is 15.4. The van der Waals surface area contributed by atoms with Crippen LogP contribution >= 0.6 is 23.2 Å². The number of nitrogens with zero attached hydrogens (tertiary/aromatic N) is 3. The van der Waals surface area contributed by atoms with Crippen LogP contribution in [0, 0.1) is 0 Å². The fraction of sp³-hybridized carbons (Fsp3) is 0.400. The van der Waals surface area contributed by atoms with Crippen molar-refractivity contribution in [2.24, 2.45) is 0 Å². The van der Waals surface area contributed by atoms with Gasteiger partial charge in [-0.3, -0.25) is 9.69 Å². The molecule has 1 N–H and O–H groups in total. The summed E-state index contributed by atoms with van der Waals surface area (Å²) in [6.45, 7) is 9.22. The van der Waals surface area contributed by atoms with E-state index in [-0.39, 0.29) is 21.8 Å². The van der Waals surface area contributed by atoms with Crippen LogP contribution in [0.15, 0.2) is 36.4 Å². The summed E-state index contributed by atoms with van der Waals surface area (Å²) >= 11 is 11.9. The van der Waals surface area contributed by atoms with Gasteiger partial charge in [0.05, 0.1) is 5.02 Å². The lowest BCUT2D eigenvalue weighted by atomic mass is 10.1. The zero-order chi connectivity index (χ0) is 19.2. The third kappa shape index (κ3) is 5.66. The van der Waals surface area contributed by atoms with E-state index < -0.39 is 0 Å². The summed E-state index contributed by atoms with van der Waals surface area (Å²) in [5, 5.41) is 3.37. The van der Waals surface area contributed by atoms with E-state index in [0.29, 0.717) is 6.54 Å². The summed E-state index contributed by atoms with van der Waals surface area (Å²) in [4.78, 5) is 21.2. The Bertz CT molecular complexity index is 774. The van der Waals surface area contributed by atoms with Gasteiger partial charge in [0.1, 0.15) is 10.8 Å². The first-order valence-electron chi connectivity index (χ1n) is 9.18. The van der Waals surface area contributed by atoms with Crippen molar-refractivity contribution in [1.29, 1.82) is 0 Å². The van der Waals surface area contributed by atoms with Crippen LogP contribution in [-0.2, 0) is 13.1 Å². The van der Waals surface area contributed by atoms with Gasteiger partial charge in [-0.2, -0.15) is 0 Å². The summed E-state index contributed by atoms with van der Waals surface area (Å²) in [5.41, 5.74) is 2.46. The lowest BCUT2D eigenvalue weighted by Crippen LogP contribution is -2.45. The molecule has 2 aromatic rings. The van der Waals surface area contributed by atoms with Crippen molar-refractivity contribution < 1.29 is 4.79 Å². The summed E-state index contributed by atoms with van der Waals surface area (Å²) in [5.74, 6) is -0.333. The molecule has 0 atom stereocenters. The summed E-state index contributed by atoms with van der Waals surface area (Å²) < 4.78 is 0. The number of hydrogen-bond acceptors (Lipinski definition) is 4. The molecule has 144 valence electrons. The number of carbonyl (C=O) groups is 1. The second kappa shape index (κ2) is 9.51. The summed E-state index contributed by atoms with van der Waals surface area (Å²) in [7, 11) is 0. The van der Waals surface area contributed by atoms with Crippen LogP contribution in [0.25, 0.3) is 0 Å². The summed E-state index contributed by atoms with van der Waals surface area (Å²) in [6, 6.07) is 11.5. The largest absolute Gasteiger partial charge is 0.347 e. The molecule has 0 aliphatic carbocycles. The molecule has 27 heavy (non-hydrogen) atoms. The number of pyridine rings is 1. The number of carbonyl (C=O) groups excluding carboxylic acids is 1. The highest BCUT2D eigenvalue weighted by Gasteiger charge is 2.15. The lowest BCUT2D eigenvalue weighted by molar-refractivity contribution is 0.0946. The second-order valence-electron chi connectivity index (χ2n) is 6.67. The summed E-state index contributed by atoms with van der Waals surface area (Å²) in [6.07, 6.45) is 0. The standard InChI is InChI=1S/C20H24Cl2N4O/c1-2-25-9-11-26(12-10-25)14-16-5-3-15(4-6-16)13-23-20(27)19-17(21)7-8-18(22)24-19/h3-8H,2,9-14H2,1H3,(H,23,27). The van der Waals surface area contributed by atoms with Crippen LogP contribution < -0.4 is 5.32 Å². The van der Waals surface area contributed by atoms with Crippen LogP contribution in [0.2, 0.25) is 10.2 Å². The number of nitrogens with one attached hydrogen (secondary N) is 1. The number of benzene rings is 1. The van der Waals surface area contributed by atoms with Crippen molar-refractivity contribution in [1.82, 2.24) is 20.1 Å². The zero-order valence-corrected chi connectivity index (χ0v) is 16.9. The van der Waals surface area contributed by atoms with Gasteiger partial charge in [0.25, 0.3) is 5.91 Å². The van der Waals surface area contributed by atoms with Crippen molar-refractivity contribution in [2.75, 3.05) is 32.7 Å². The van der Waals surface area contributed by atoms with Crippen molar-refractivity contribution in [3.05, 3.63) is 63.4 Å². The fourth-order valence-corrected chi connectivity index (χ4v) is 3.47. The Morgan fingerprint density at radius 3 is 2.30 bits per heavy atom. The van der Waals surface area contributed by atoms with Gasteiger partial charge in [0.2, 0.25) is 0 Å². The average Bonchev–Trinajstić information content (AvgIpc) is 2.69. The average molecular weight is 407 g/mol. The van der Waals surface area contributed by atoms with Crippen LogP contribution in [-0.4, -0.2) is 53.4 Å². The van der Waals surface area contributed by atoms with Crippen LogP contribution in [0.1, 0.15) is 28.5 Å². The Morgan fingerprint density at radius 2 is 1.63 bits per heavy atom. The van der Waals surface area contributed by atoms with Crippen molar-refractivity contribution in [3.63, 3.8) is 0 Å². The van der Waals surface area contributed by atoms with Crippen molar-refractivity contribution in [3.8, 4) is 0 Å². The highest BCUT2D eigenvalue weighted by molar-refractivity contribution is 6.34. The van der Waals surface area contributed by atoms with Gasteiger partial charge in [-0.15, -0.1) is 0 Å². The van der Waals surface area contributed by atoms with E-state index in [1.54, 1.807) is 12.1 Å².